The highest BCUT2D eigenvalue weighted by Crippen LogP contribution is 2.38. The quantitative estimate of drug-likeness (QED) is 0.658. The van der Waals surface area contributed by atoms with Crippen LogP contribution >= 0.6 is 0 Å². The van der Waals surface area contributed by atoms with Crippen molar-refractivity contribution in [3.63, 3.8) is 0 Å². The van der Waals surface area contributed by atoms with Crippen LogP contribution in [-0.2, 0) is 11.3 Å². The molecule has 0 spiro atoms. The van der Waals surface area contributed by atoms with Crippen molar-refractivity contribution in [1.82, 2.24) is 14.5 Å². The molecule has 3 aromatic rings. The molecule has 7 nitrogen and oxygen atoms in total. The van der Waals surface area contributed by atoms with Crippen LogP contribution in [0.25, 0.3) is 22.4 Å². The van der Waals surface area contributed by atoms with Gasteiger partial charge in [0.2, 0.25) is 0 Å². The van der Waals surface area contributed by atoms with Crippen molar-refractivity contribution < 1.29 is 19.4 Å². The van der Waals surface area contributed by atoms with Crippen LogP contribution in [0.4, 0.5) is 0 Å². The number of aromatic nitrogens is 2. The third-order valence-electron chi connectivity index (χ3n) is 4.17. The molecule has 0 aliphatic heterocycles. The van der Waals surface area contributed by atoms with E-state index in [1.807, 2.05) is 61.5 Å². The van der Waals surface area contributed by atoms with E-state index in [1.54, 1.807) is 11.7 Å². The lowest BCUT2D eigenvalue weighted by Gasteiger charge is -2.17. The summed E-state index contributed by atoms with van der Waals surface area (Å²) in [6, 6.07) is 13.0. The molecular formula is C20H23N3O4. The maximum atomic E-state index is 11.4. The molecule has 0 atom stereocenters. The van der Waals surface area contributed by atoms with E-state index in [9.17, 15) is 9.90 Å². The molecule has 1 N–H and O–H groups in total. The molecule has 27 heavy (non-hydrogen) atoms. The van der Waals surface area contributed by atoms with Gasteiger partial charge in [-0.15, -0.1) is 0 Å². The van der Waals surface area contributed by atoms with Crippen LogP contribution in [0.5, 0.6) is 11.5 Å². The number of aliphatic carboxylic acids is 1. The van der Waals surface area contributed by atoms with Gasteiger partial charge in [-0.05, 0) is 38.4 Å². The Kier molecular flexibility index (Phi) is 5.61. The Hall–Kier alpha value is -3.06. The Morgan fingerprint density at radius 2 is 1.96 bits per heavy atom. The molecule has 0 fully saturated rings. The molecular weight excluding hydrogens is 346 g/mol. The van der Waals surface area contributed by atoms with Gasteiger partial charge >= 0.3 is 5.97 Å². The standard InChI is InChI=1S/C20H23N3O4/c1-22(2)11-12-27-19-14(7-6-10-17(19)26-3)20-21-15-8-4-5-9-16(15)23(20)13-18(24)25/h4-10H,11-13H2,1-3H3,(H,24,25). The minimum atomic E-state index is -0.933. The van der Waals surface area contributed by atoms with Gasteiger partial charge in [-0.2, -0.15) is 0 Å². The molecule has 7 heteroatoms. The van der Waals surface area contributed by atoms with Crippen molar-refractivity contribution in [2.24, 2.45) is 0 Å². The smallest absolute Gasteiger partial charge is 0.323 e. The van der Waals surface area contributed by atoms with Gasteiger partial charge in [0.05, 0.1) is 23.7 Å². The maximum Gasteiger partial charge on any atom is 0.323 e. The molecule has 0 saturated carbocycles. The number of rotatable bonds is 8. The summed E-state index contributed by atoms with van der Waals surface area (Å²) in [5.41, 5.74) is 2.19. The fourth-order valence-corrected chi connectivity index (χ4v) is 2.91. The fraction of sp³-hybridized carbons (Fsp3) is 0.300. The molecule has 0 radical (unpaired) electrons. The fourth-order valence-electron chi connectivity index (χ4n) is 2.91. The predicted molar refractivity (Wildman–Crippen MR) is 103 cm³/mol. The number of hydrogen-bond donors (Lipinski definition) is 1. The van der Waals surface area contributed by atoms with E-state index in [0.29, 0.717) is 29.5 Å². The number of nitrogens with zero attached hydrogens (tertiary/aromatic N) is 3. The summed E-state index contributed by atoms with van der Waals surface area (Å²) in [6.45, 7) is 1.02. The average molecular weight is 369 g/mol. The number of imidazole rings is 1. The highest BCUT2D eigenvalue weighted by atomic mass is 16.5. The van der Waals surface area contributed by atoms with E-state index in [0.717, 1.165) is 17.6 Å². The number of carbonyl (C=O) groups is 1. The largest absolute Gasteiger partial charge is 0.493 e. The van der Waals surface area contributed by atoms with Gasteiger partial charge in [0, 0.05) is 6.54 Å². The third kappa shape index (κ3) is 4.03. The van der Waals surface area contributed by atoms with E-state index in [4.69, 9.17) is 9.47 Å². The summed E-state index contributed by atoms with van der Waals surface area (Å²) in [4.78, 5) is 18.1. The van der Waals surface area contributed by atoms with Crippen LogP contribution in [0.1, 0.15) is 0 Å². The average Bonchev–Trinajstić information content (AvgIpc) is 2.99. The minimum absolute atomic E-state index is 0.190. The Bertz CT molecular complexity index is 950. The van der Waals surface area contributed by atoms with Gasteiger partial charge < -0.3 is 24.0 Å². The third-order valence-corrected chi connectivity index (χ3v) is 4.17. The summed E-state index contributed by atoms with van der Waals surface area (Å²) in [6.07, 6.45) is 0. The molecule has 0 aliphatic carbocycles. The van der Waals surface area contributed by atoms with Crippen LogP contribution in [0.2, 0.25) is 0 Å². The van der Waals surface area contributed by atoms with Gasteiger partial charge in [-0.25, -0.2) is 4.98 Å². The van der Waals surface area contributed by atoms with Crippen LogP contribution < -0.4 is 9.47 Å². The van der Waals surface area contributed by atoms with Crippen molar-refractivity contribution in [2.45, 2.75) is 6.54 Å². The van der Waals surface area contributed by atoms with E-state index >= 15 is 0 Å². The number of ether oxygens (including phenoxy) is 2. The van der Waals surface area contributed by atoms with Crippen LogP contribution in [-0.4, -0.2) is 59.9 Å². The molecule has 0 saturated heterocycles. The molecule has 0 amide bonds. The second-order valence-electron chi connectivity index (χ2n) is 6.39. The zero-order chi connectivity index (χ0) is 19.4. The zero-order valence-electron chi connectivity index (χ0n) is 15.7. The van der Waals surface area contributed by atoms with Crippen LogP contribution in [0.15, 0.2) is 42.5 Å². The lowest BCUT2D eigenvalue weighted by Crippen LogP contribution is -2.20. The number of carboxylic acid groups (broad SMARTS) is 1. The van der Waals surface area contributed by atoms with Gasteiger partial charge in [-0.1, -0.05) is 18.2 Å². The van der Waals surface area contributed by atoms with Crippen molar-refractivity contribution in [2.75, 3.05) is 34.4 Å². The number of benzene rings is 2. The second-order valence-corrected chi connectivity index (χ2v) is 6.39. The Morgan fingerprint density at radius 3 is 2.67 bits per heavy atom. The van der Waals surface area contributed by atoms with E-state index in [-0.39, 0.29) is 6.54 Å². The van der Waals surface area contributed by atoms with Crippen LogP contribution in [0.3, 0.4) is 0 Å². The molecule has 1 aromatic heterocycles. The minimum Gasteiger partial charge on any atom is -0.493 e. The first-order valence-corrected chi connectivity index (χ1v) is 8.63. The number of likely N-dealkylation sites (N-methyl/N-ethyl adjacent to an activating group) is 1. The van der Waals surface area contributed by atoms with Gasteiger partial charge in [0.1, 0.15) is 19.0 Å². The van der Waals surface area contributed by atoms with Crippen LogP contribution in [0, 0.1) is 0 Å². The van der Waals surface area contributed by atoms with E-state index in [2.05, 4.69) is 4.98 Å². The molecule has 142 valence electrons. The number of fused-ring (bicyclic) bond motifs is 1. The summed E-state index contributed by atoms with van der Waals surface area (Å²) < 4.78 is 13.2. The van der Waals surface area contributed by atoms with E-state index < -0.39 is 5.97 Å². The van der Waals surface area contributed by atoms with E-state index in [1.165, 1.54) is 0 Å². The molecule has 1 heterocycles. The highest BCUT2D eigenvalue weighted by molar-refractivity contribution is 5.84. The molecule has 3 rings (SSSR count). The maximum absolute atomic E-state index is 11.4. The normalized spacial score (nSPS) is 11.1. The lowest BCUT2D eigenvalue weighted by molar-refractivity contribution is -0.137. The Morgan fingerprint density at radius 1 is 1.19 bits per heavy atom. The lowest BCUT2D eigenvalue weighted by atomic mass is 10.1. The Labute approximate surface area is 157 Å². The molecule has 2 aromatic carbocycles. The zero-order valence-corrected chi connectivity index (χ0v) is 15.7. The monoisotopic (exact) mass is 369 g/mol. The first kappa shape index (κ1) is 18.7. The number of carboxylic acids is 1. The first-order chi connectivity index (χ1) is 13.0. The first-order valence-electron chi connectivity index (χ1n) is 8.63. The second kappa shape index (κ2) is 8.09. The molecule has 0 unspecified atom stereocenters. The van der Waals surface area contributed by atoms with Gasteiger partial charge in [-0.3, -0.25) is 4.79 Å². The van der Waals surface area contributed by atoms with Crippen molar-refractivity contribution >= 4 is 17.0 Å². The van der Waals surface area contributed by atoms with Crippen molar-refractivity contribution in [3.8, 4) is 22.9 Å². The summed E-state index contributed by atoms with van der Waals surface area (Å²) in [7, 11) is 5.52. The van der Waals surface area contributed by atoms with Gasteiger partial charge in [0.15, 0.2) is 11.5 Å². The summed E-state index contributed by atoms with van der Waals surface area (Å²) in [5.74, 6) is 0.749. The van der Waals surface area contributed by atoms with Gasteiger partial charge in [0.25, 0.3) is 0 Å². The van der Waals surface area contributed by atoms with Crippen molar-refractivity contribution in [1.29, 1.82) is 0 Å². The predicted octanol–water partition coefficient (Wildman–Crippen LogP) is 2.74. The molecule has 0 aliphatic rings. The van der Waals surface area contributed by atoms with Crippen molar-refractivity contribution in [3.05, 3.63) is 42.5 Å². The SMILES string of the molecule is COc1cccc(-c2nc3ccccc3n2CC(=O)O)c1OCCN(C)C. The highest BCUT2D eigenvalue weighted by Gasteiger charge is 2.20. The summed E-state index contributed by atoms with van der Waals surface area (Å²) in [5, 5.41) is 9.38. The Balaban J connectivity index is 2.14. The number of para-hydroxylation sites is 3. The number of methoxy groups -OCH3 is 1. The topological polar surface area (TPSA) is 76.8 Å². The summed E-state index contributed by atoms with van der Waals surface area (Å²) >= 11 is 0. The molecule has 0 bridgehead atoms. The number of hydrogen-bond acceptors (Lipinski definition) is 5.